The first kappa shape index (κ1) is 17.0. The van der Waals surface area contributed by atoms with Crippen molar-refractivity contribution in [2.24, 2.45) is 11.0 Å². The second-order valence-electron chi connectivity index (χ2n) is 5.30. The number of rotatable bonds is 7. The van der Waals surface area contributed by atoms with Gasteiger partial charge >= 0.3 is 0 Å². The van der Waals surface area contributed by atoms with Crippen molar-refractivity contribution < 1.29 is 14.0 Å². The molecule has 0 fully saturated rings. The Kier molecular flexibility index (Phi) is 6.10. The van der Waals surface area contributed by atoms with E-state index in [1.165, 1.54) is 23.8 Å². The van der Waals surface area contributed by atoms with Gasteiger partial charge in [0, 0.05) is 4.88 Å². The van der Waals surface area contributed by atoms with E-state index < -0.39 is 6.04 Å². The molecule has 0 aromatic carbocycles. The summed E-state index contributed by atoms with van der Waals surface area (Å²) in [5, 5.41) is 8.50. The van der Waals surface area contributed by atoms with Gasteiger partial charge in [0.25, 0.3) is 5.91 Å². The van der Waals surface area contributed by atoms with Crippen LogP contribution in [0.25, 0.3) is 0 Å². The molecule has 0 aliphatic heterocycles. The highest BCUT2D eigenvalue weighted by molar-refractivity contribution is 7.10. The van der Waals surface area contributed by atoms with Gasteiger partial charge in [-0.3, -0.25) is 9.59 Å². The van der Waals surface area contributed by atoms with Crippen molar-refractivity contribution in [3.63, 3.8) is 0 Å². The lowest BCUT2D eigenvalue weighted by molar-refractivity contribution is -0.129. The van der Waals surface area contributed by atoms with Gasteiger partial charge in [0.2, 0.25) is 5.91 Å². The minimum atomic E-state index is -0.642. The van der Waals surface area contributed by atoms with E-state index in [1.54, 1.807) is 12.1 Å². The summed E-state index contributed by atoms with van der Waals surface area (Å²) in [6.07, 6.45) is 3.19. The van der Waals surface area contributed by atoms with Gasteiger partial charge in [-0.15, -0.1) is 11.3 Å². The second-order valence-corrected chi connectivity index (χ2v) is 6.33. The van der Waals surface area contributed by atoms with Crippen LogP contribution in [-0.4, -0.2) is 24.1 Å². The summed E-state index contributed by atoms with van der Waals surface area (Å²) < 4.78 is 5.08. The van der Waals surface area contributed by atoms with Crippen molar-refractivity contribution in [2.75, 3.05) is 0 Å². The maximum atomic E-state index is 12.2. The quantitative estimate of drug-likeness (QED) is 0.602. The molecule has 2 N–H and O–H groups in total. The summed E-state index contributed by atoms with van der Waals surface area (Å²) in [5.74, 6) is -0.0622. The molecule has 23 heavy (non-hydrogen) atoms. The van der Waals surface area contributed by atoms with Gasteiger partial charge in [0.05, 0.1) is 18.9 Å². The number of thiophene rings is 1. The summed E-state index contributed by atoms with van der Waals surface area (Å²) in [4.78, 5) is 25.2. The number of furan rings is 1. The standard InChI is InChI=1S/C16H19N3O3S/c1-11(2)15(18-14(20)9-13-6-4-8-23-13)16(21)19-17-10-12-5-3-7-22-12/h3-8,10-11,15H,9H2,1-2H3,(H,18,20)(H,19,21)/b17-10+/t15-/m1/s1. The maximum absolute atomic E-state index is 12.2. The monoisotopic (exact) mass is 333 g/mol. The molecule has 0 bridgehead atoms. The van der Waals surface area contributed by atoms with Gasteiger partial charge < -0.3 is 9.73 Å². The van der Waals surface area contributed by atoms with E-state index in [1.807, 2.05) is 31.4 Å². The molecule has 2 amide bonds. The highest BCUT2D eigenvalue weighted by Crippen LogP contribution is 2.10. The first-order valence-corrected chi connectivity index (χ1v) is 8.12. The average molecular weight is 333 g/mol. The van der Waals surface area contributed by atoms with Crippen LogP contribution in [0.3, 0.4) is 0 Å². The molecule has 1 atom stereocenters. The molecule has 2 aromatic heterocycles. The predicted molar refractivity (Wildman–Crippen MR) is 89.2 cm³/mol. The summed E-state index contributed by atoms with van der Waals surface area (Å²) in [7, 11) is 0. The lowest BCUT2D eigenvalue weighted by Gasteiger charge is -2.20. The Hall–Kier alpha value is -2.41. The highest BCUT2D eigenvalue weighted by Gasteiger charge is 2.24. The zero-order chi connectivity index (χ0) is 16.7. The van der Waals surface area contributed by atoms with E-state index in [0.29, 0.717) is 5.76 Å². The summed E-state index contributed by atoms with van der Waals surface area (Å²) in [6.45, 7) is 3.73. The number of carbonyl (C=O) groups is 2. The molecule has 0 saturated carbocycles. The van der Waals surface area contributed by atoms with Crippen LogP contribution >= 0.6 is 11.3 Å². The van der Waals surface area contributed by atoms with Gasteiger partial charge in [-0.25, -0.2) is 5.43 Å². The summed E-state index contributed by atoms with van der Waals surface area (Å²) in [5.41, 5.74) is 2.42. The molecular formula is C16H19N3O3S. The number of amides is 2. The molecule has 0 radical (unpaired) electrons. The van der Waals surface area contributed by atoms with Crippen molar-refractivity contribution in [1.82, 2.24) is 10.7 Å². The van der Waals surface area contributed by atoms with Gasteiger partial charge in [-0.2, -0.15) is 5.10 Å². The number of nitrogens with one attached hydrogen (secondary N) is 2. The fourth-order valence-electron chi connectivity index (χ4n) is 1.92. The van der Waals surface area contributed by atoms with Crippen LogP contribution in [0.4, 0.5) is 0 Å². The topological polar surface area (TPSA) is 83.7 Å². The summed E-state index contributed by atoms with van der Waals surface area (Å²) in [6, 6.07) is 6.59. The Labute approximate surface area is 138 Å². The van der Waals surface area contributed by atoms with Crippen molar-refractivity contribution in [2.45, 2.75) is 26.3 Å². The molecule has 2 rings (SSSR count). The first-order valence-electron chi connectivity index (χ1n) is 7.24. The molecule has 2 aromatic rings. The number of nitrogens with zero attached hydrogens (tertiary/aromatic N) is 1. The van der Waals surface area contributed by atoms with Gasteiger partial charge in [-0.05, 0) is 29.5 Å². The molecule has 0 aliphatic carbocycles. The zero-order valence-electron chi connectivity index (χ0n) is 13.0. The Balaban J connectivity index is 1.89. The van der Waals surface area contributed by atoms with E-state index in [0.717, 1.165) is 4.88 Å². The lowest BCUT2D eigenvalue weighted by atomic mass is 10.0. The lowest BCUT2D eigenvalue weighted by Crippen LogP contribution is -2.49. The Morgan fingerprint density at radius 1 is 1.35 bits per heavy atom. The fourth-order valence-corrected chi connectivity index (χ4v) is 2.63. The molecule has 0 aliphatic rings. The largest absolute Gasteiger partial charge is 0.463 e. The number of hydrogen-bond acceptors (Lipinski definition) is 5. The number of carbonyl (C=O) groups excluding carboxylic acids is 2. The van der Waals surface area contributed by atoms with Gasteiger partial charge in [0.1, 0.15) is 11.8 Å². The van der Waals surface area contributed by atoms with Crippen LogP contribution in [0.1, 0.15) is 24.5 Å². The molecule has 0 spiro atoms. The smallest absolute Gasteiger partial charge is 0.262 e. The SMILES string of the molecule is CC(C)[C@@H](NC(=O)Cc1cccs1)C(=O)N/N=C/c1ccco1. The molecule has 122 valence electrons. The number of hydrazone groups is 1. The van der Waals surface area contributed by atoms with E-state index in [-0.39, 0.29) is 24.2 Å². The second kappa shape index (κ2) is 8.28. The molecule has 2 heterocycles. The van der Waals surface area contributed by atoms with Crippen molar-refractivity contribution in [3.05, 3.63) is 46.5 Å². The number of hydrogen-bond donors (Lipinski definition) is 2. The molecular weight excluding hydrogens is 314 g/mol. The first-order chi connectivity index (χ1) is 11.1. The normalized spacial score (nSPS) is 12.5. The maximum Gasteiger partial charge on any atom is 0.262 e. The third kappa shape index (κ3) is 5.37. The predicted octanol–water partition coefficient (Wildman–Crippen LogP) is 2.17. The molecule has 7 heteroatoms. The summed E-state index contributed by atoms with van der Waals surface area (Å²) >= 11 is 1.51. The van der Waals surface area contributed by atoms with Crippen molar-refractivity contribution in [1.29, 1.82) is 0 Å². The average Bonchev–Trinajstić information content (AvgIpc) is 3.17. The van der Waals surface area contributed by atoms with Crippen LogP contribution in [-0.2, 0) is 16.0 Å². The van der Waals surface area contributed by atoms with Crippen LogP contribution in [0, 0.1) is 5.92 Å². The van der Waals surface area contributed by atoms with Crippen LogP contribution in [0.5, 0.6) is 0 Å². The fraction of sp³-hybridized carbons (Fsp3) is 0.312. The van der Waals surface area contributed by atoms with Crippen LogP contribution in [0.15, 0.2) is 45.4 Å². The van der Waals surface area contributed by atoms with Gasteiger partial charge in [-0.1, -0.05) is 19.9 Å². The Morgan fingerprint density at radius 3 is 2.78 bits per heavy atom. The minimum Gasteiger partial charge on any atom is -0.463 e. The highest BCUT2D eigenvalue weighted by atomic mass is 32.1. The van der Waals surface area contributed by atoms with Crippen molar-refractivity contribution in [3.8, 4) is 0 Å². The molecule has 6 nitrogen and oxygen atoms in total. The van der Waals surface area contributed by atoms with Gasteiger partial charge in [0.15, 0.2) is 0 Å². The van der Waals surface area contributed by atoms with Crippen molar-refractivity contribution >= 4 is 29.4 Å². The third-order valence-electron chi connectivity index (χ3n) is 3.09. The zero-order valence-corrected chi connectivity index (χ0v) is 13.8. The van der Waals surface area contributed by atoms with E-state index in [9.17, 15) is 9.59 Å². The molecule has 0 unspecified atom stereocenters. The van der Waals surface area contributed by atoms with Crippen LogP contribution < -0.4 is 10.7 Å². The van der Waals surface area contributed by atoms with Crippen LogP contribution in [0.2, 0.25) is 0 Å². The van der Waals surface area contributed by atoms with E-state index in [4.69, 9.17) is 4.42 Å². The Bertz CT molecular complexity index is 648. The molecule has 0 saturated heterocycles. The van der Waals surface area contributed by atoms with E-state index in [2.05, 4.69) is 15.8 Å². The Morgan fingerprint density at radius 2 is 2.17 bits per heavy atom. The minimum absolute atomic E-state index is 0.0545. The third-order valence-corrected chi connectivity index (χ3v) is 3.97. The van der Waals surface area contributed by atoms with E-state index >= 15 is 0 Å².